The largest absolute Gasteiger partial charge is 0.416 e. The predicted octanol–water partition coefficient (Wildman–Crippen LogP) is 5.92. The van der Waals surface area contributed by atoms with Crippen LogP contribution in [-0.4, -0.2) is 0 Å². The van der Waals surface area contributed by atoms with E-state index in [1.165, 1.54) is 12.1 Å². The number of hydrogen-bond donors (Lipinski definition) is 0. The van der Waals surface area contributed by atoms with Crippen LogP contribution in [0.2, 0.25) is 0 Å². The van der Waals surface area contributed by atoms with Crippen molar-refractivity contribution in [3.05, 3.63) is 83.4 Å². The highest BCUT2D eigenvalue weighted by atomic mass is 19.4. The van der Waals surface area contributed by atoms with Gasteiger partial charge in [0.05, 0.1) is 17.2 Å². The topological polar surface area (TPSA) is 23.8 Å². The van der Waals surface area contributed by atoms with Gasteiger partial charge < -0.3 is 0 Å². The molecule has 3 aromatic rings. The molecule has 0 bridgehead atoms. The van der Waals surface area contributed by atoms with Crippen LogP contribution >= 0.6 is 0 Å². The number of rotatable bonds is 2. The molecule has 0 radical (unpaired) electrons. The highest BCUT2D eigenvalue weighted by Gasteiger charge is 2.29. The van der Waals surface area contributed by atoms with Gasteiger partial charge in [0.1, 0.15) is 0 Å². The summed E-state index contributed by atoms with van der Waals surface area (Å²) >= 11 is 0. The van der Waals surface area contributed by atoms with Crippen LogP contribution in [0.3, 0.4) is 0 Å². The maximum Gasteiger partial charge on any atom is 0.416 e. The van der Waals surface area contributed by atoms with Crippen molar-refractivity contribution in [1.82, 2.24) is 0 Å². The van der Waals surface area contributed by atoms with Crippen LogP contribution in [0.15, 0.2) is 66.7 Å². The molecule has 0 fully saturated rings. The van der Waals surface area contributed by atoms with E-state index in [1.807, 2.05) is 42.5 Å². The highest BCUT2D eigenvalue weighted by Crippen LogP contribution is 2.30. The minimum atomic E-state index is -4.36. The Morgan fingerprint density at radius 3 is 2.17 bits per heavy atom. The lowest BCUT2D eigenvalue weighted by atomic mass is 10.00. The molecule has 0 heterocycles. The van der Waals surface area contributed by atoms with Gasteiger partial charge in [-0.25, -0.2) is 0 Å². The average Bonchev–Trinajstić information content (AvgIpc) is 2.59. The number of nitrogens with zero attached hydrogens (tertiary/aromatic N) is 1. The minimum absolute atomic E-state index is 0.403. The first-order chi connectivity index (χ1) is 11.5. The number of nitriles is 1. The number of fused-ring (bicyclic) bond motifs is 1. The van der Waals surface area contributed by atoms with E-state index in [1.54, 1.807) is 6.08 Å². The molecule has 0 aliphatic carbocycles. The lowest BCUT2D eigenvalue weighted by Crippen LogP contribution is -2.03. The molecule has 0 unspecified atom stereocenters. The van der Waals surface area contributed by atoms with Crippen molar-refractivity contribution in [1.29, 1.82) is 5.26 Å². The number of hydrogen-bond acceptors (Lipinski definition) is 1. The van der Waals surface area contributed by atoms with E-state index in [0.717, 1.165) is 28.5 Å². The molecular formula is C20H12F3N. The SMILES string of the molecule is N#C/C(=C/c1ccc(C(F)(F)F)cc1)c1ccc2ccccc2c1. The van der Waals surface area contributed by atoms with Gasteiger partial charge in [0.2, 0.25) is 0 Å². The molecule has 3 aromatic carbocycles. The number of alkyl halides is 3. The molecule has 1 nitrogen and oxygen atoms in total. The quantitative estimate of drug-likeness (QED) is 0.424. The maximum atomic E-state index is 12.6. The fraction of sp³-hybridized carbons (Fsp3) is 0.0500. The zero-order chi connectivity index (χ0) is 17.2. The van der Waals surface area contributed by atoms with Crippen molar-refractivity contribution in [2.75, 3.05) is 0 Å². The Bertz CT molecular complexity index is 945. The summed E-state index contributed by atoms with van der Waals surface area (Å²) < 4.78 is 37.8. The number of benzene rings is 3. The summed E-state index contributed by atoms with van der Waals surface area (Å²) in [7, 11) is 0. The van der Waals surface area contributed by atoms with Crippen LogP contribution in [0.4, 0.5) is 13.2 Å². The lowest BCUT2D eigenvalue weighted by Gasteiger charge is -2.06. The minimum Gasteiger partial charge on any atom is -0.192 e. The summed E-state index contributed by atoms with van der Waals surface area (Å²) in [6.45, 7) is 0. The second-order valence-electron chi connectivity index (χ2n) is 5.35. The normalized spacial score (nSPS) is 12.2. The van der Waals surface area contributed by atoms with Gasteiger partial charge in [0.25, 0.3) is 0 Å². The highest BCUT2D eigenvalue weighted by molar-refractivity contribution is 5.94. The third kappa shape index (κ3) is 3.31. The Morgan fingerprint density at radius 2 is 1.54 bits per heavy atom. The second kappa shape index (κ2) is 6.21. The van der Waals surface area contributed by atoms with Gasteiger partial charge in [-0.2, -0.15) is 18.4 Å². The van der Waals surface area contributed by atoms with Gasteiger partial charge in [-0.3, -0.25) is 0 Å². The van der Waals surface area contributed by atoms with Crippen molar-refractivity contribution in [3.63, 3.8) is 0 Å². The van der Waals surface area contributed by atoms with Crippen molar-refractivity contribution in [2.24, 2.45) is 0 Å². The van der Waals surface area contributed by atoms with Gasteiger partial charge in [0, 0.05) is 0 Å². The monoisotopic (exact) mass is 323 g/mol. The van der Waals surface area contributed by atoms with Crippen LogP contribution in [0.25, 0.3) is 22.4 Å². The molecule has 0 saturated carbocycles. The van der Waals surface area contributed by atoms with Crippen LogP contribution < -0.4 is 0 Å². The molecule has 118 valence electrons. The third-order valence-electron chi connectivity index (χ3n) is 3.73. The van der Waals surface area contributed by atoms with Crippen molar-refractivity contribution in [3.8, 4) is 6.07 Å². The standard InChI is InChI=1S/C20H12F3N/c21-20(22,23)19-9-5-14(6-10-19)11-18(13-24)17-8-7-15-3-1-2-4-16(15)12-17/h1-12H/b18-11-. The predicted molar refractivity (Wildman–Crippen MR) is 88.9 cm³/mol. The molecule has 0 N–H and O–H groups in total. The van der Waals surface area contributed by atoms with Crippen molar-refractivity contribution >= 4 is 22.4 Å². The molecule has 0 atom stereocenters. The fourth-order valence-corrected chi connectivity index (χ4v) is 2.47. The summed E-state index contributed by atoms with van der Waals surface area (Å²) in [4.78, 5) is 0. The van der Waals surface area contributed by atoms with Gasteiger partial charge in [-0.15, -0.1) is 0 Å². The fourth-order valence-electron chi connectivity index (χ4n) is 2.47. The number of allylic oxidation sites excluding steroid dienone is 1. The van der Waals surface area contributed by atoms with Crippen LogP contribution in [0, 0.1) is 11.3 Å². The Labute approximate surface area is 137 Å². The Morgan fingerprint density at radius 1 is 0.875 bits per heavy atom. The summed E-state index contributed by atoms with van der Waals surface area (Å²) in [5.41, 5.74) is 0.980. The third-order valence-corrected chi connectivity index (χ3v) is 3.73. The molecule has 0 aliphatic rings. The summed E-state index contributed by atoms with van der Waals surface area (Å²) in [6.07, 6.45) is -2.77. The average molecular weight is 323 g/mol. The summed E-state index contributed by atoms with van der Waals surface area (Å²) in [5.74, 6) is 0. The summed E-state index contributed by atoms with van der Waals surface area (Å²) in [5, 5.41) is 11.5. The maximum absolute atomic E-state index is 12.6. The van der Waals surface area contributed by atoms with Crippen LogP contribution in [0.1, 0.15) is 16.7 Å². The van der Waals surface area contributed by atoms with E-state index in [0.29, 0.717) is 11.1 Å². The van der Waals surface area contributed by atoms with Crippen LogP contribution in [0.5, 0.6) is 0 Å². The Balaban J connectivity index is 1.98. The van der Waals surface area contributed by atoms with Crippen molar-refractivity contribution < 1.29 is 13.2 Å². The van der Waals surface area contributed by atoms with E-state index in [9.17, 15) is 18.4 Å². The van der Waals surface area contributed by atoms with Crippen molar-refractivity contribution in [2.45, 2.75) is 6.18 Å². The zero-order valence-electron chi connectivity index (χ0n) is 12.5. The Kier molecular flexibility index (Phi) is 4.09. The van der Waals surface area contributed by atoms with E-state index >= 15 is 0 Å². The molecule has 3 rings (SSSR count). The first-order valence-corrected chi connectivity index (χ1v) is 7.25. The van der Waals surface area contributed by atoms with Crippen LogP contribution in [-0.2, 0) is 6.18 Å². The molecular weight excluding hydrogens is 311 g/mol. The van der Waals surface area contributed by atoms with E-state index in [4.69, 9.17) is 0 Å². The molecule has 0 amide bonds. The van der Waals surface area contributed by atoms with Gasteiger partial charge in [-0.05, 0) is 46.2 Å². The molecule has 24 heavy (non-hydrogen) atoms. The van der Waals surface area contributed by atoms with E-state index < -0.39 is 11.7 Å². The van der Waals surface area contributed by atoms with E-state index in [-0.39, 0.29) is 0 Å². The number of halogens is 3. The van der Waals surface area contributed by atoms with Gasteiger partial charge >= 0.3 is 6.18 Å². The second-order valence-corrected chi connectivity index (χ2v) is 5.35. The molecule has 4 heteroatoms. The smallest absolute Gasteiger partial charge is 0.192 e. The lowest BCUT2D eigenvalue weighted by molar-refractivity contribution is -0.137. The van der Waals surface area contributed by atoms with Gasteiger partial charge in [0.15, 0.2) is 0 Å². The molecule has 0 saturated heterocycles. The van der Waals surface area contributed by atoms with Gasteiger partial charge in [-0.1, -0.05) is 48.5 Å². The first kappa shape index (κ1) is 15.8. The summed E-state index contributed by atoms with van der Waals surface area (Å²) in [6, 6.07) is 20.3. The zero-order valence-corrected chi connectivity index (χ0v) is 12.5. The molecule has 0 aromatic heterocycles. The first-order valence-electron chi connectivity index (χ1n) is 7.25. The molecule has 0 aliphatic heterocycles. The molecule has 0 spiro atoms. The Hall–Kier alpha value is -3.06. The van der Waals surface area contributed by atoms with E-state index in [2.05, 4.69) is 6.07 Å².